The number of Topliss-reactive ketones (excluding diaryl/α,β-unsaturated/α-hetero) is 1. The van der Waals surface area contributed by atoms with Crippen LogP contribution in [0.1, 0.15) is 25.3 Å². The fourth-order valence-corrected chi connectivity index (χ4v) is 2.83. The van der Waals surface area contributed by atoms with Crippen LogP contribution in [0.2, 0.25) is 0 Å². The molecule has 1 aliphatic heterocycles. The third-order valence-corrected chi connectivity index (χ3v) is 4.13. The maximum atomic E-state index is 11.2. The number of hydrogen-bond donors (Lipinski definition) is 0. The molecule has 1 saturated carbocycles. The van der Waals surface area contributed by atoms with Crippen LogP contribution in [-0.4, -0.2) is 19.0 Å². The second-order valence-corrected chi connectivity index (χ2v) is 6.22. The fourth-order valence-electron chi connectivity index (χ4n) is 2.22. The number of carbonyl (C=O) groups excluding carboxylic acids is 1. The van der Waals surface area contributed by atoms with Gasteiger partial charge in [0.05, 0.1) is 17.7 Å². The van der Waals surface area contributed by atoms with Gasteiger partial charge in [0.2, 0.25) is 0 Å². The lowest BCUT2D eigenvalue weighted by atomic mass is 10.1. The standard InChI is InChI=1S/C14H15BrO3/c1-9(16)4-10-5-11(15)13-12(6-10)17-7-14(2-3-14)8-18-13/h5-6H,2-4,7-8H2,1H3. The van der Waals surface area contributed by atoms with Gasteiger partial charge in [0, 0.05) is 11.8 Å². The minimum absolute atomic E-state index is 0.148. The van der Waals surface area contributed by atoms with Crippen molar-refractivity contribution in [3.8, 4) is 11.5 Å². The van der Waals surface area contributed by atoms with Gasteiger partial charge in [-0.05, 0) is 53.4 Å². The van der Waals surface area contributed by atoms with Crippen molar-refractivity contribution in [2.45, 2.75) is 26.2 Å². The van der Waals surface area contributed by atoms with Gasteiger partial charge in [-0.15, -0.1) is 0 Å². The lowest BCUT2D eigenvalue weighted by molar-refractivity contribution is -0.116. The van der Waals surface area contributed by atoms with Gasteiger partial charge in [0.15, 0.2) is 11.5 Å². The molecule has 4 heteroatoms. The molecule has 3 rings (SSSR count). The Labute approximate surface area is 115 Å². The van der Waals surface area contributed by atoms with E-state index in [0.29, 0.717) is 6.42 Å². The number of benzene rings is 1. The highest BCUT2D eigenvalue weighted by molar-refractivity contribution is 9.10. The second-order valence-electron chi connectivity index (χ2n) is 5.36. The molecule has 1 aromatic carbocycles. The molecule has 1 aromatic rings. The molecular weight excluding hydrogens is 296 g/mol. The molecule has 1 aliphatic carbocycles. The number of ketones is 1. The average molecular weight is 311 g/mol. The van der Waals surface area contributed by atoms with Crippen molar-refractivity contribution < 1.29 is 14.3 Å². The van der Waals surface area contributed by atoms with Crippen LogP contribution in [0.15, 0.2) is 16.6 Å². The normalized spacial score (nSPS) is 19.4. The lowest BCUT2D eigenvalue weighted by Gasteiger charge is -2.11. The Kier molecular flexibility index (Phi) is 2.85. The fraction of sp³-hybridized carbons (Fsp3) is 0.500. The first-order valence-corrected chi connectivity index (χ1v) is 6.95. The van der Waals surface area contributed by atoms with Crippen molar-refractivity contribution in [1.82, 2.24) is 0 Å². The van der Waals surface area contributed by atoms with E-state index in [1.54, 1.807) is 6.92 Å². The van der Waals surface area contributed by atoms with E-state index in [9.17, 15) is 4.79 Å². The van der Waals surface area contributed by atoms with Gasteiger partial charge in [0.25, 0.3) is 0 Å². The van der Waals surface area contributed by atoms with Gasteiger partial charge in [-0.25, -0.2) is 0 Å². The predicted octanol–water partition coefficient (Wildman–Crippen LogP) is 3.13. The van der Waals surface area contributed by atoms with Gasteiger partial charge < -0.3 is 9.47 Å². The summed E-state index contributed by atoms with van der Waals surface area (Å²) in [6.45, 7) is 3.04. The number of halogens is 1. The predicted molar refractivity (Wildman–Crippen MR) is 71.2 cm³/mol. The van der Waals surface area contributed by atoms with E-state index >= 15 is 0 Å². The van der Waals surface area contributed by atoms with Crippen molar-refractivity contribution in [3.05, 3.63) is 22.2 Å². The summed E-state index contributed by atoms with van der Waals surface area (Å²) in [5.74, 6) is 1.67. The zero-order valence-electron chi connectivity index (χ0n) is 10.3. The van der Waals surface area contributed by atoms with E-state index in [0.717, 1.165) is 34.7 Å². The summed E-state index contributed by atoms with van der Waals surface area (Å²) in [5.41, 5.74) is 1.20. The zero-order valence-corrected chi connectivity index (χ0v) is 11.9. The van der Waals surface area contributed by atoms with Crippen molar-refractivity contribution in [2.24, 2.45) is 5.41 Å². The van der Waals surface area contributed by atoms with Crippen molar-refractivity contribution >= 4 is 21.7 Å². The van der Waals surface area contributed by atoms with Crippen LogP contribution in [0, 0.1) is 5.41 Å². The van der Waals surface area contributed by atoms with Gasteiger partial charge in [-0.3, -0.25) is 4.79 Å². The molecule has 0 aromatic heterocycles. The minimum Gasteiger partial charge on any atom is -0.489 e. The van der Waals surface area contributed by atoms with E-state index in [4.69, 9.17) is 9.47 Å². The number of fused-ring (bicyclic) bond motifs is 1. The van der Waals surface area contributed by atoms with Crippen molar-refractivity contribution in [2.75, 3.05) is 13.2 Å². The molecule has 0 unspecified atom stereocenters. The molecule has 0 bridgehead atoms. The summed E-state index contributed by atoms with van der Waals surface area (Å²) in [6.07, 6.45) is 2.79. The highest BCUT2D eigenvalue weighted by Gasteiger charge is 2.46. The smallest absolute Gasteiger partial charge is 0.175 e. The summed E-state index contributed by atoms with van der Waals surface area (Å²) < 4.78 is 12.6. The summed E-state index contributed by atoms with van der Waals surface area (Å²) in [7, 11) is 0. The number of ether oxygens (including phenoxy) is 2. The van der Waals surface area contributed by atoms with E-state index in [1.165, 1.54) is 12.8 Å². The lowest BCUT2D eigenvalue weighted by Crippen LogP contribution is -2.17. The molecule has 2 aliphatic rings. The maximum Gasteiger partial charge on any atom is 0.175 e. The third-order valence-electron chi connectivity index (χ3n) is 3.54. The highest BCUT2D eigenvalue weighted by atomic mass is 79.9. The monoisotopic (exact) mass is 310 g/mol. The molecule has 0 amide bonds. The first kappa shape index (κ1) is 12.0. The number of carbonyl (C=O) groups is 1. The highest BCUT2D eigenvalue weighted by Crippen LogP contribution is 2.50. The molecule has 0 N–H and O–H groups in total. The summed E-state index contributed by atoms with van der Waals surface area (Å²) in [6, 6.07) is 3.86. The van der Waals surface area contributed by atoms with Gasteiger partial charge >= 0.3 is 0 Å². The van der Waals surface area contributed by atoms with Crippen LogP contribution in [0.5, 0.6) is 11.5 Å². The van der Waals surface area contributed by atoms with E-state index in [-0.39, 0.29) is 11.2 Å². The Morgan fingerprint density at radius 2 is 2.06 bits per heavy atom. The first-order valence-electron chi connectivity index (χ1n) is 6.15. The van der Waals surface area contributed by atoms with Crippen LogP contribution in [-0.2, 0) is 11.2 Å². The molecule has 18 heavy (non-hydrogen) atoms. The number of hydrogen-bond acceptors (Lipinski definition) is 3. The third kappa shape index (κ3) is 2.26. The molecular formula is C14H15BrO3. The van der Waals surface area contributed by atoms with Gasteiger partial charge in [-0.1, -0.05) is 0 Å². The topological polar surface area (TPSA) is 35.5 Å². The van der Waals surface area contributed by atoms with Gasteiger partial charge in [-0.2, -0.15) is 0 Å². The van der Waals surface area contributed by atoms with Crippen LogP contribution in [0.4, 0.5) is 0 Å². The largest absolute Gasteiger partial charge is 0.489 e. The van der Waals surface area contributed by atoms with Crippen molar-refractivity contribution in [1.29, 1.82) is 0 Å². The molecule has 96 valence electrons. The van der Waals surface area contributed by atoms with Crippen LogP contribution in [0.25, 0.3) is 0 Å². The quantitative estimate of drug-likeness (QED) is 0.842. The maximum absolute atomic E-state index is 11.2. The Balaban J connectivity index is 1.91. The molecule has 0 saturated heterocycles. The molecule has 3 nitrogen and oxygen atoms in total. The Morgan fingerprint density at radius 1 is 1.33 bits per heavy atom. The molecule has 1 spiro atoms. The minimum atomic E-state index is 0.148. The van der Waals surface area contributed by atoms with Crippen LogP contribution in [0.3, 0.4) is 0 Å². The Bertz CT molecular complexity index is 506. The van der Waals surface area contributed by atoms with E-state index < -0.39 is 0 Å². The van der Waals surface area contributed by atoms with Crippen LogP contribution < -0.4 is 9.47 Å². The molecule has 1 heterocycles. The summed E-state index contributed by atoms with van der Waals surface area (Å²) in [4.78, 5) is 11.2. The van der Waals surface area contributed by atoms with Crippen LogP contribution >= 0.6 is 15.9 Å². The number of rotatable bonds is 2. The molecule has 0 radical (unpaired) electrons. The SMILES string of the molecule is CC(=O)Cc1cc(Br)c2c(c1)OCC1(CC1)CO2. The molecule has 0 atom stereocenters. The Morgan fingerprint density at radius 3 is 2.72 bits per heavy atom. The summed E-state index contributed by atoms with van der Waals surface area (Å²) >= 11 is 3.50. The van der Waals surface area contributed by atoms with E-state index in [1.807, 2.05) is 12.1 Å². The summed E-state index contributed by atoms with van der Waals surface area (Å²) in [5, 5.41) is 0. The average Bonchev–Trinajstić information content (AvgIpc) is 3.07. The molecule has 1 fully saturated rings. The zero-order chi connectivity index (χ0) is 12.8. The Hall–Kier alpha value is -1.03. The van der Waals surface area contributed by atoms with E-state index in [2.05, 4.69) is 15.9 Å². The first-order chi connectivity index (χ1) is 8.58. The second kappa shape index (κ2) is 4.26. The van der Waals surface area contributed by atoms with Crippen molar-refractivity contribution in [3.63, 3.8) is 0 Å². The van der Waals surface area contributed by atoms with Gasteiger partial charge in [0.1, 0.15) is 5.78 Å².